The molecule has 23 heavy (non-hydrogen) atoms. The Hall–Kier alpha value is -2.96. The number of esters is 1. The van der Waals surface area contributed by atoms with Gasteiger partial charge in [-0.05, 0) is 37.3 Å². The third-order valence-electron chi connectivity index (χ3n) is 2.74. The van der Waals surface area contributed by atoms with Crippen LogP contribution in [0.4, 0.5) is 10.1 Å². The quantitative estimate of drug-likeness (QED) is 0.828. The Morgan fingerprint density at radius 1 is 1.17 bits per heavy atom. The average molecular weight is 318 g/mol. The molecule has 1 aromatic carbocycles. The van der Waals surface area contributed by atoms with Crippen molar-refractivity contribution in [3.8, 4) is 5.88 Å². The maximum Gasteiger partial charge on any atom is 0.344 e. The summed E-state index contributed by atoms with van der Waals surface area (Å²) in [7, 11) is 0. The monoisotopic (exact) mass is 318 g/mol. The largest absolute Gasteiger partial charge is 0.466 e. The van der Waals surface area contributed by atoms with E-state index in [1.165, 1.54) is 42.6 Å². The highest BCUT2D eigenvalue weighted by molar-refractivity contribution is 6.04. The fraction of sp³-hybridized carbons (Fsp3) is 0.188. The highest BCUT2D eigenvalue weighted by atomic mass is 19.1. The molecule has 0 saturated heterocycles. The Labute approximate surface area is 132 Å². The molecule has 0 radical (unpaired) electrons. The molecule has 0 saturated carbocycles. The fourth-order valence-electron chi connectivity index (χ4n) is 1.67. The zero-order valence-electron chi connectivity index (χ0n) is 12.4. The summed E-state index contributed by atoms with van der Waals surface area (Å²) in [5.41, 5.74) is 0.775. The Morgan fingerprint density at radius 3 is 2.52 bits per heavy atom. The second kappa shape index (κ2) is 7.88. The van der Waals surface area contributed by atoms with Gasteiger partial charge in [-0.2, -0.15) is 0 Å². The predicted octanol–water partition coefficient (Wildman–Crippen LogP) is 2.41. The van der Waals surface area contributed by atoms with Crippen molar-refractivity contribution < 1.29 is 23.5 Å². The van der Waals surface area contributed by atoms with Crippen LogP contribution in [0.2, 0.25) is 0 Å². The Morgan fingerprint density at radius 2 is 1.91 bits per heavy atom. The Balaban J connectivity index is 1.92. The van der Waals surface area contributed by atoms with Crippen LogP contribution in [-0.4, -0.2) is 30.1 Å². The zero-order valence-corrected chi connectivity index (χ0v) is 12.4. The molecule has 0 bridgehead atoms. The number of nitrogens with zero attached hydrogens (tertiary/aromatic N) is 1. The van der Waals surface area contributed by atoms with E-state index in [2.05, 4.69) is 10.3 Å². The van der Waals surface area contributed by atoms with Gasteiger partial charge in [-0.1, -0.05) is 0 Å². The molecule has 2 aromatic rings. The second-order valence-corrected chi connectivity index (χ2v) is 4.44. The van der Waals surface area contributed by atoms with Crippen molar-refractivity contribution in [2.24, 2.45) is 0 Å². The van der Waals surface area contributed by atoms with Gasteiger partial charge in [0.25, 0.3) is 5.91 Å². The van der Waals surface area contributed by atoms with E-state index in [1.807, 2.05) is 0 Å². The number of hydrogen-bond donors (Lipinski definition) is 1. The number of carbonyl (C=O) groups is 2. The standard InChI is InChI=1S/C16H15FN2O4/c1-2-22-15(20)10-23-14-8-3-11(9-18-14)16(21)19-13-6-4-12(17)5-7-13/h3-9H,2,10H2,1H3,(H,19,21). The van der Waals surface area contributed by atoms with E-state index in [4.69, 9.17) is 9.47 Å². The van der Waals surface area contributed by atoms with E-state index in [1.54, 1.807) is 6.92 Å². The molecule has 2 rings (SSSR count). The van der Waals surface area contributed by atoms with Crippen LogP contribution in [0.5, 0.6) is 5.88 Å². The van der Waals surface area contributed by atoms with E-state index in [0.29, 0.717) is 11.3 Å². The SMILES string of the molecule is CCOC(=O)COc1ccc(C(=O)Nc2ccc(F)cc2)cn1. The van der Waals surface area contributed by atoms with Crippen LogP contribution in [0.15, 0.2) is 42.6 Å². The van der Waals surface area contributed by atoms with Gasteiger partial charge in [0, 0.05) is 18.0 Å². The molecule has 0 fully saturated rings. The molecule has 1 aromatic heterocycles. The summed E-state index contributed by atoms with van der Waals surface area (Å²) >= 11 is 0. The van der Waals surface area contributed by atoms with Crippen LogP contribution >= 0.6 is 0 Å². The molecule has 6 nitrogen and oxygen atoms in total. The van der Waals surface area contributed by atoms with Gasteiger partial charge in [0.15, 0.2) is 6.61 Å². The maximum absolute atomic E-state index is 12.8. The number of carbonyl (C=O) groups excluding carboxylic acids is 2. The molecular formula is C16H15FN2O4. The molecule has 0 aliphatic rings. The normalized spacial score (nSPS) is 10.0. The first kappa shape index (κ1) is 16.4. The smallest absolute Gasteiger partial charge is 0.344 e. The van der Waals surface area contributed by atoms with Crippen LogP contribution in [0.3, 0.4) is 0 Å². The van der Waals surface area contributed by atoms with E-state index in [-0.39, 0.29) is 30.8 Å². The van der Waals surface area contributed by atoms with E-state index in [0.717, 1.165) is 0 Å². The first-order valence-corrected chi connectivity index (χ1v) is 6.90. The molecule has 0 atom stereocenters. The summed E-state index contributed by atoms with van der Waals surface area (Å²) in [5.74, 6) is -1.06. The van der Waals surface area contributed by atoms with Crippen molar-refractivity contribution in [2.75, 3.05) is 18.5 Å². The van der Waals surface area contributed by atoms with Crippen molar-refractivity contribution in [3.63, 3.8) is 0 Å². The molecule has 1 N–H and O–H groups in total. The molecule has 1 amide bonds. The van der Waals surface area contributed by atoms with Gasteiger partial charge in [0.2, 0.25) is 5.88 Å². The minimum Gasteiger partial charge on any atom is -0.466 e. The number of nitrogens with one attached hydrogen (secondary N) is 1. The number of rotatable bonds is 6. The van der Waals surface area contributed by atoms with Crippen LogP contribution in [0.1, 0.15) is 17.3 Å². The van der Waals surface area contributed by atoms with Crippen molar-refractivity contribution in [2.45, 2.75) is 6.92 Å². The van der Waals surface area contributed by atoms with E-state index < -0.39 is 5.97 Å². The number of anilines is 1. The zero-order chi connectivity index (χ0) is 16.7. The van der Waals surface area contributed by atoms with Crippen LogP contribution in [0.25, 0.3) is 0 Å². The number of pyridine rings is 1. The first-order valence-electron chi connectivity index (χ1n) is 6.90. The number of hydrogen-bond acceptors (Lipinski definition) is 5. The summed E-state index contributed by atoms with van der Waals surface area (Å²) in [6.45, 7) is 1.73. The van der Waals surface area contributed by atoms with Crippen molar-refractivity contribution in [3.05, 3.63) is 54.0 Å². The molecular weight excluding hydrogens is 303 g/mol. The third-order valence-corrected chi connectivity index (χ3v) is 2.74. The molecule has 0 aliphatic heterocycles. The van der Waals surface area contributed by atoms with Gasteiger partial charge >= 0.3 is 5.97 Å². The molecule has 0 aliphatic carbocycles. The van der Waals surface area contributed by atoms with E-state index >= 15 is 0 Å². The summed E-state index contributed by atoms with van der Waals surface area (Å²) in [4.78, 5) is 27.1. The highest BCUT2D eigenvalue weighted by Crippen LogP contribution is 2.12. The minimum absolute atomic E-state index is 0.205. The van der Waals surface area contributed by atoms with Gasteiger partial charge in [0.1, 0.15) is 5.82 Å². The molecule has 1 heterocycles. The Kier molecular flexibility index (Phi) is 5.62. The van der Waals surface area contributed by atoms with Crippen LogP contribution in [-0.2, 0) is 9.53 Å². The van der Waals surface area contributed by atoms with Crippen molar-refractivity contribution in [1.29, 1.82) is 0 Å². The number of halogens is 1. The highest BCUT2D eigenvalue weighted by Gasteiger charge is 2.08. The average Bonchev–Trinajstić information content (AvgIpc) is 2.56. The maximum atomic E-state index is 12.8. The van der Waals surface area contributed by atoms with Gasteiger partial charge < -0.3 is 14.8 Å². The van der Waals surface area contributed by atoms with Crippen LogP contribution < -0.4 is 10.1 Å². The molecule has 120 valence electrons. The van der Waals surface area contributed by atoms with Crippen LogP contribution in [0, 0.1) is 5.82 Å². The lowest BCUT2D eigenvalue weighted by molar-refractivity contribution is -0.145. The lowest BCUT2D eigenvalue weighted by Crippen LogP contribution is -2.15. The van der Waals surface area contributed by atoms with Gasteiger partial charge in [-0.3, -0.25) is 4.79 Å². The lowest BCUT2D eigenvalue weighted by Gasteiger charge is -2.07. The number of amides is 1. The first-order chi connectivity index (χ1) is 11.1. The fourth-order valence-corrected chi connectivity index (χ4v) is 1.67. The number of ether oxygens (including phenoxy) is 2. The molecule has 7 heteroatoms. The Bertz CT molecular complexity index is 671. The number of aromatic nitrogens is 1. The summed E-state index contributed by atoms with van der Waals surface area (Å²) < 4.78 is 22.6. The van der Waals surface area contributed by atoms with Gasteiger partial charge in [-0.25, -0.2) is 14.2 Å². The van der Waals surface area contributed by atoms with E-state index in [9.17, 15) is 14.0 Å². The van der Waals surface area contributed by atoms with Gasteiger partial charge in [-0.15, -0.1) is 0 Å². The molecule has 0 unspecified atom stereocenters. The topological polar surface area (TPSA) is 77.5 Å². The summed E-state index contributed by atoms with van der Waals surface area (Å²) in [5, 5.41) is 2.61. The van der Waals surface area contributed by atoms with Crippen molar-refractivity contribution in [1.82, 2.24) is 4.98 Å². The predicted molar refractivity (Wildman–Crippen MR) is 80.7 cm³/mol. The van der Waals surface area contributed by atoms with Crippen molar-refractivity contribution >= 4 is 17.6 Å². The third kappa shape index (κ3) is 5.06. The molecule has 0 spiro atoms. The van der Waals surface area contributed by atoms with Gasteiger partial charge in [0.05, 0.1) is 12.2 Å². The summed E-state index contributed by atoms with van der Waals surface area (Å²) in [6.07, 6.45) is 1.32. The lowest BCUT2D eigenvalue weighted by atomic mass is 10.2. The minimum atomic E-state index is -0.493. The summed E-state index contributed by atoms with van der Waals surface area (Å²) in [6, 6.07) is 8.39. The number of benzene rings is 1. The second-order valence-electron chi connectivity index (χ2n) is 4.44.